The first kappa shape index (κ1) is 24.7. The number of hydrogen-bond donors (Lipinski definition) is 2. The molecule has 3 aromatic rings. The van der Waals surface area contributed by atoms with Crippen molar-refractivity contribution in [3.05, 3.63) is 81.3 Å². The Morgan fingerprint density at radius 3 is 2.24 bits per heavy atom. The highest BCUT2D eigenvalue weighted by molar-refractivity contribution is 7.92. The summed E-state index contributed by atoms with van der Waals surface area (Å²) in [4.78, 5) is 12.7. The van der Waals surface area contributed by atoms with Gasteiger partial charge in [-0.3, -0.25) is 9.52 Å². The predicted molar refractivity (Wildman–Crippen MR) is 129 cm³/mol. The number of methoxy groups -OCH3 is 2. The molecule has 0 aliphatic heterocycles. The number of carbonyl (C=O) groups is 1. The zero-order chi connectivity index (χ0) is 24.2. The molecule has 0 unspecified atom stereocenters. The van der Waals surface area contributed by atoms with Gasteiger partial charge in [-0.1, -0.05) is 41.4 Å². The van der Waals surface area contributed by atoms with Crippen molar-refractivity contribution in [2.75, 3.05) is 18.9 Å². The van der Waals surface area contributed by atoms with Crippen molar-refractivity contribution in [3.63, 3.8) is 0 Å². The molecule has 7 nitrogen and oxygen atoms in total. The Hall–Kier alpha value is -2.94. The van der Waals surface area contributed by atoms with Gasteiger partial charge in [0.15, 0.2) is 0 Å². The van der Waals surface area contributed by atoms with E-state index in [9.17, 15) is 13.2 Å². The van der Waals surface area contributed by atoms with Crippen molar-refractivity contribution in [3.8, 4) is 11.5 Å². The maximum absolute atomic E-state index is 13.0. The van der Waals surface area contributed by atoms with Crippen molar-refractivity contribution >= 4 is 44.8 Å². The van der Waals surface area contributed by atoms with E-state index in [0.29, 0.717) is 16.3 Å². The normalized spacial score (nSPS) is 11.1. The second kappa shape index (κ2) is 10.3. The lowest BCUT2D eigenvalue weighted by molar-refractivity contribution is 0.0950. The van der Waals surface area contributed by atoms with E-state index in [4.69, 9.17) is 32.7 Å². The number of anilines is 1. The van der Waals surface area contributed by atoms with Crippen LogP contribution in [0.5, 0.6) is 11.5 Å². The van der Waals surface area contributed by atoms with E-state index in [2.05, 4.69) is 10.0 Å². The van der Waals surface area contributed by atoms with Gasteiger partial charge in [0.1, 0.15) is 11.5 Å². The van der Waals surface area contributed by atoms with Crippen molar-refractivity contribution in [2.24, 2.45) is 0 Å². The van der Waals surface area contributed by atoms with Crippen LogP contribution in [0, 0.1) is 6.92 Å². The Morgan fingerprint density at radius 1 is 0.939 bits per heavy atom. The van der Waals surface area contributed by atoms with Crippen LogP contribution in [0.15, 0.2) is 59.5 Å². The van der Waals surface area contributed by atoms with E-state index in [1.54, 1.807) is 37.3 Å². The lowest BCUT2D eigenvalue weighted by Crippen LogP contribution is -2.24. The lowest BCUT2D eigenvalue weighted by atomic mass is 10.1. The number of amides is 1. The van der Waals surface area contributed by atoms with Gasteiger partial charge < -0.3 is 14.8 Å². The molecule has 1 amide bonds. The van der Waals surface area contributed by atoms with Gasteiger partial charge in [-0.25, -0.2) is 8.42 Å². The lowest BCUT2D eigenvalue weighted by Gasteiger charge is -2.15. The molecule has 0 fully saturated rings. The molecule has 0 saturated heterocycles. The van der Waals surface area contributed by atoms with E-state index in [0.717, 1.165) is 5.56 Å². The second-order valence-electron chi connectivity index (χ2n) is 7.08. The third-order valence-electron chi connectivity index (χ3n) is 4.85. The zero-order valence-electron chi connectivity index (χ0n) is 18.1. The Bertz CT molecular complexity index is 1280. The Balaban J connectivity index is 1.85. The number of benzene rings is 3. The summed E-state index contributed by atoms with van der Waals surface area (Å²) in [6.45, 7) is 2.00. The number of carbonyl (C=O) groups excluding carboxylic acids is 1. The van der Waals surface area contributed by atoms with Crippen molar-refractivity contribution < 1.29 is 22.7 Å². The van der Waals surface area contributed by atoms with Crippen LogP contribution in [0.4, 0.5) is 5.69 Å². The summed E-state index contributed by atoms with van der Waals surface area (Å²) in [6.07, 6.45) is 0. The standard InChI is InChI=1S/C23H22Cl2N2O5S/c1-14-4-9-17(10-18(14)23(28)26-13-15-5-7-16(24)8-6-15)33(29,30)27-20-11-19(25)21(31-2)12-22(20)32-3/h4-12,27H,13H2,1-3H3,(H,26,28). The van der Waals surface area contributed by atoms with E-state index < -0.39 is 15.9 Å². The van der Waals surface area contributed by atoms with Crippen LogP contribution in [-0.4, -0.2) is 28.5 Å². The third-order valence-corrected chi connectivity index (χ3v) is 6.76. The smallest absolute Gasteiger partial charge is 0.262 e. The van der Waals surface area contributed by atoms with Crippen LogP contribution < -0.4 is 19.5 Å². The Labute approximate surface area is 202 Å². The van der Waals surface area contributed by atoms with Crippen LogP contribution >= 0.6 is 23.2 Å². The molecule has 10 heteroatoms. The summed E-state index contributed by atoms with van der Waals surface area (Å²) in [7, 11) is -1.21. The highest BCUT2D eigenvalue weighted by atomic mass is 35.5. The van der Waals surface area contributed by atoms with Crippen molar-refractivity contribution in [1.82, 2.24) is 5.32 Å². The van der Waals surface area contributed by atoms with Gasteiger partial charge in [-0.15, -0.1) is 0 Å². The summed E-state index contributed by atoms with van der Waals surface area (Å²) in [5.74, 6) is 0.170. The zero-order valence-corrected chi connectivity index (χ0v) is 20.4. The molecule has 0 bridgehead atoms. The fourth-order valence-electron chi connectivity index (χ4n) is 3.04. The van der Waals surface area contributed by atoms with Crippen molar-refractivity contribution in [1.29, 1.82) is 0 Å². The predicted octanol–water partition coefficient (Wildman–Crippen LogP) is 5.05. The second-order valence-corrected chi connectivity index (χ2v) is 9.60. The Kier molecular flexibility index (Phi) is 7.73. The number of hydrogen-bond acceptors (Lipinski definition) is 5. The molecule has 0 radical (unpaired) electrons. The summed E-state index contributed by atoms with van der Waals surface area (Å²) >= 11 is 12.0. The van der Waals surface area contributed by atoms with Crippen LogP contribution in [0.25, 0.3) is 0 Å². The topological polar surface area (TPSA) is 93.7 Å². The monoisotopic (exact) mass is 508 g/mol. The molecule has 3 rings (SSSR count). The number of sulfonamides is 1. The van der Waals surface area contributed by atoms with Gasteiger partial charge in [-0.05, 0) is 48.4 Å². The SMILES string of the molecule is COc1cc(OC)c(NS(=O)(=O)c2ccc(C)c(C(=O)NCc3ccc(Cl)cc3)c2)cc1Cl. The molecule has 33 heavy (non-hydrogen) atoms. The minimum Gasteiger partial charge on any atom is -0.495 e. The van der Waals surface area contributed by atoms with Crippen LogP contribution in [0.2, 0.25) is 10.0 Å². The molecule has 0 aromatic heterocycles. The first-order chi connectivity index (χ1) is 15.6. The maximum Gasteiger partial charge on any atom is 0.262 e. The average Bonchev–Trinajstić information content (AvgIpc) is 2.78. The van der Waals surface area contributed by atoms with Gasteiger partial charge >= 0.3 is 0 Å². The number of nitrogens with one attached hydrogen (secondary N) is 2. The van der Waals surface area contributed by atoms with Gasteiger partial charge in [0, 0.05) is 23.2 Å². The molecule has 0 aliphatic carbocycles. The molecule has 0 saturated carbocycles. The van der Waals surface area contributed by atoms with Crippen LogP contribution in [-0.2, 0) is 16.6 Å². The van der Waals surface area contributed by atoms with Crippen molar-refractivity contribution in [2.45, 2.75) is 18.4 Å². The molecule has 2 N–H and O–H groups in total. The number of ether oxygens (including phenoxy) is 2. The van der Waals surface area contributed by atoms with Gasteiger partial charge in [-0.2, -0.15) is 0 Å². The number of rotatable bonds is 8. The first-order valence-corrected chi connectivity index (χ1v) is 12.0. The third kappa shape index (κ3) is 5.90. The van der Waals surface area contributed by atoms with E-state index in [-0.39, 0.29) is 33.5 Å². The highest BCUT2D eigenvalue weighted by Gasteiger charge is 2.21. The molecular weight excluding hydrogens is 487 g/mol. The highest BCUT2D eigenvalue weighted by Crippen LogP contribution is 2.37. The van der Waals surface area contributed by atoms with Crippen LogP contribution in [0.1, 0.15) is 21.5 Å². The van der Waals surface area contributed by atoms with Crippen LogP contribution in [0.3, 0.4) is 0 Å². The van der Waals surface area contributed by atoms with Gasteiger partial charge in [0.2, 0.25) is 0 Å². The largest absolute Gasteiger partial charge is 0.495 e. The molecular formula is C23H22Cl2N2O5S. The van der Waals surface area contributed by atoms with E-state index >= 15 is 0 Å². The summed E-state index contributed by atoms with van der Waals surface area (Å²) in [5.41, 5.74) is 1.87. The van der Waals surface area contributed by atoms with Gasteiger partial charge in [0.25, 0.3) is 15.9 Å². The number of aryl methyl sites for hydroxylation is 1. The average molecular weight is 509 g/mol. The summed E-state index contributed by atoms with van der Waals surface area (Å²) in [5, 5.41) is 3.60. The first-order valence-electron chi connectivity index (χ1n) is 9.72. The van der Waals surface area contributed by atoms with Gasteiger partial charge in [0.05, 0.1) is 29.8 Å². The maximum atomic E-state index is 13.0. The fourth-order valence-corrected chi connectivity index (χ4v) is 4.49. The molecule has 174 valence electrons. The number of halogens is 2. The fraction of sp³-hybridized carbons (Fsp3) is 0.174. The molecule has 3 aromatic carbocycles. The van der Waals surface area contributed by atoms with E-state index in [1.807, 2.05) is 0 Å². The molecule has 0 heterocycles. The Morgan fingerprint density at radius 2 is 1.61 bits per heavy atom. The molecule has 0 aliphatic rings. The quantitative estimate of drug-likeness (QED) is 0.443. The van der Waals surface area contributed by atoms with E-state index in [1.165, 1.54) is 38.5 Å². The summed E-state index contributed by atoms with van der Waals surface area (Å²) in [6, 6.07) is 14.2. The summed E-state index contributed by atoms with van der Waals surface area (Å²) < 4.78 is 38.9. The molecule has 0 spiro atoms. The minimum atomic E-state index is -4.05. The molecule has 0 atom stereocenters. The minimum absolute atomic E-state index is 0.0845.